The number of para-hydroxylation sites is 1. The Balaban J connectivity index is 2.40. The lowest BCUT2D eigenvalue weighted by Gasteiger charge is -2.14. The Hall–Kier alpha value is -2.68. The number of carboxylic acid groups (broad SMARTS) is 1. The Morgan fingerprint density at radius 2 is 1.73 bits per heavy atom. The molecule has 0 saturated heterocycles. The molecule has 1 heterocycles. The summed E-state index contributed by atoms with van der Waals surface area (Å²) in [5.74, 6) is -0.890. The van der Waals surface area contributed by atoms with E-state index in [-0.39, 0.29) is 0 Å². The molecule has 0 unspecified atom stereocenters. The fourth-order valence-corrected chi connectivity index (χ4v) is 2.82. The molecular weight excluding hydrogens is 274 g/mol. The summed E-state index contributed by atoms with van der Waals surface area (Å²) in [6.45, 7) is 2.05. The second kappa shape index (κ2) is 5.98. The molecule has 110 valence electrons. The highest BCUT2D eigenvalue weighted by molar-refractivity contribution is 6.05. The number of pyridine rings is 1. The Morgan fingerprint density at radius 1 is 1.05 bits per heavy atom. The molecule has 1 aromatic heterocycles. The molecule has 3 heteroatoms. The zero-order valence-corrected chi connectivity index (χ0v) is 12.4. The van der Waals surface area contributed by atoms with Gasteiger partial charge in [-0.15, -0.1) is 0 Å². The summed E-state index contributed by atoms with van der Waals surface area (Å²) < 4.78 is 0. The lowest BCUT2D eigenvalue weighted by atomic mass is 9.94. The van der Waals surface area contributed by atoms with E-state index < -0.39 is 5.97 Å². The van der Waals surface area contributed by atoms with Crippen molar-refractivity contribution in [2.75, 3.05) is 0 Å². The molecule has 0 radical (unpaired) electrons. The number of benzene rings is 2. The van der Waals surface area contributed by atoms with Crippen molar-refractivity contribution in [2.45, 2.75) is 19.8 Å². The predicted molar refractivity (Wildman–Crippen MR) is 88.1 cm³/mol. The first kappa shape index (κ1) is 14.3. The third-order valence-corrected chi connectivity index (χ3v) is 3.75. The van der Waals surface area contributed by atoms with Gasteiger partial charge in [-0.2, -0.15) is 0 Å². The Morgan fingerprint density at radius 3 is 2.41 bits per heavy atom. The Labute approximate surface area is 129 Å². The largest absolute Gasteiger partial charge is 0.478 e. The molecule has 22 heavy (non-hydrogen) atoms. The molecule has 0 fully saturated rings. The predicted octanol–water partition coefficient (Wildman–Crippen LogP) is 4.55. The van der Waals surface area contributed by atoms with Crippen LogP contribution in [0.25, 0.3) is 22.2 Å². The van der Waals surface area contributed by atoms with E-state index in [1.165, 1.54) is 0 Å². The summed E-state index contributed by atoms with van der Waals surface area (Å²) in [6, 6.07) is 17.2. The van der Waals surface area contributed by atoms with Crippen molar-refractivity contribution < 1.29 is 9.90 Å². The number of carbonyl (C=O) groups is 1. The minimum absolute atomic E-state index is 0.381. The van der Waals surface area contributed by atoms with Crippen LogP contribution in [0.3, 0.4) is 0 Å². The molecule has 0 aliphatic carbocycles. The van der Waals surface area contributed by atoms with Gasteiger partial charge < -0.3 is 5.11 Å². The maximum atomic E-state index is 11.9. The van der Waals surface area contributed by atoms with Crippen LogP contribution in [0.5, 0.6) is 0 Å². The van der Waals surface area contributed by atoms with Gasteiger partial charge in [0, 0.05) is 10.9 Å². The van der Waals surface area contributed by atoms with Crippen LogP contribution < -0.4 is 0 Å². The summed E-state index contributed by atoms with van der Waals surface area (Å²) in [5.41, 5.74) is 3.66. The molecule has 0 amide bonds. The van der Waals surface area contributed by atoms with Crippen LogP contribution >= 0.6 is 0 Å². The van der Waals surface area contributed by atoms with Gasteiger partial charge in [0.1, 0.15) is 0 Å². The third-order valence-electron chi connectivity index (χ3n) is 3.75. The van der Waals surface area contributed by atoms with Crippen LogP contribution in [0.4, 0.5) is 0 Å². The molecule has 1 N–H and O–H groups in total. The van der Waals surface area contributed by atoms with Crippen molar-refractivity contribution >= 4 is 16.9 Å². The highest BCUT2D eigenvalue weighted by atomic mass is 16.4. The number of fused-ring (bicyclic) bond motifs is 1. The molecule has 0 aliphatic heterocycles. The number of hydrogen-bond acceptors (Lipinski definition) is 2. The van der Waals surface area contributed by atoms with Crippen LogP contribution in [-0.2, 0) is 6.42 Å². The lowest BCUT2D eigenvalue weighted by Crippen LogP contribution is -2.07. The van der Waals surface area contributed by atoms with Gasteiger partial charge in [-0.3, -0.25) is 0 Å². The third kappa shape index (κ3) is 2.46. The standard InChI is InChI=1S/C19H17NO2/c1-2-8-15-17(19(21)22)14-11-6-7-12-16(14)20-18(15)13-9-4-3-5-10-13/h3-7,9-12H,2,8H2,1H3,(H,21,22). The minimum Gasteiger partial charge on any atom is -0.478 e. The van der Waals surface area contributed by atoms with Gasteiger partial charge in [-0.25, -0.2) is 9.78 Å². The van der Waals surface area contributed by atoms with Crippen LogP contribution in [-0.4, -0.2) is 16.1 Å². The van der Waals surface area contributed by atoms with E-state index >= 15 is 0 Å². The van der Waals surface area contributed by atoms with Gasteiger partial charge in [0.2, 0.25) is 0 Å². The first-order valence-electron chi connectivity index (χ1n) is 7.42. The topological polar surface area (TPSA) is 50.2 Å². The van der Waals surface area contributed by atoms with Crippen molar-refractivity contribution in [1.82, 2.24) is 4.98 Å². The monoisotopic (exact) mass is 291 g/mol. The van der Waals surface area contributed by atoms with Crippen LogP contribution in [0.1, 0.15) is 29.3 Å². The van der Waals surface area contributed by atoms with E-state index in [0.29, 0.717) is 17.4 Å². The maximum Gasteiger partial charge on any atom is 0.336 e. The average Bonchev–Trinajstić information content (AvgIpc) is 2.55. The quantitative estimate of drug-likeness (QED) is 0.767. The van der Waals surface area contributed by atoms with Crippen LogP contribution in [0, 0.1) is 0 Å². The molecule has 0 atom stereocenters. The second-order valence-corrected chi connectivity index (χ2v) is 5.25. The Bertz CT molecular complexity index is 825. The van der Waals surface area contributed by atoms with Gasteiger partial charge in [0.15, 0.2) is 0 Å². The smallest absolute Gasteiger partial charge is 0.336 e. The number of aromatic nitrogens is 1. The van der Waals surface area contributed by atoms with Crippen LogP contribution in [0.2, 0.25) is 0 Å². The van der Waals surface area contributed by atoms with Crippen molar-refractivity contribution in [3.8, 4) is 11.3 Å². The first-order valence-corrected chi connectivity index (χ1v) is 7.42. The molecule has 0 spiro atoms. The number of hydrogen-bond donors (Lipinski definition) is 1. The summed E-state index contributed by atoms with van der Waals surface area (Å²) in [6.07, 6.45) is 1.57. The van der Waals surface area contributed by atoms with Gasteiger partial charge in [0.25, 0.3) is 0 Å². The SMILES string of the molecule is CCCc1c(-c2ccccc2)nc2ccccc2c1C(=O)O. The van der Waals surface area contributed by atoms with Gasteiger partial charge in [-0.1, -0.05) is 61.9 Å². The number of rotatable bonds is 4. The molecule has 0 bridgehead atoms. The molecule has 0 saturated carbocycles. The van der Waals surface area contributed by atoms with Gasteiger partial charge in [0.05, 0.1) is 16.8 Å². The average molecular weight is 291 g/mol. The number of aromatic carboxylic acids is 1. The normalized spacial score (nSPS) is 10.8. The van der Waals surface area contributed by atoms with E-state index in [1.807, 2.05) is 54.6 Å². The van der Waals surface area contributed by atoms with Gasteiger partial charge >= 0.3 is 5.97 Å². The summed E-state index contributed by atoms with van der Waals surface area (Å²) >= 11 is 0. The van der Waals surface area contributed by atoms with Crippen molar-refractivity contribution in [3.05, 3.63) is 65.7 Å². The van der Waals surface area contributed by atoms with Crippen molar-refractivity contribution in [2.24, 2.45) is 0 Å². The Kier molecular flexibility index (Phi) is 3.88. The summed E-state index contributed by atoms with van der Waals surface area (Å²) in [5, 5.41) is 10.4. The highest BCUT2D eigenvalue weighted by Gasteiger charge is 2.20. The summed E-state index contributed by atoms with van der Waals surface area (Å²) in [7, 11) is 0. The molecule has 3 nitrogen and oxygen atoms in total. The first-order chi connectivity index (χ1) is 10.7. The second-order valence-electron chi connectivity index (χ2n) is 5.25. The molecular formula is C19H17NO2. The minimum atomic E-state index is -0.890. The maximum absolute atomic E-state index is 11.9. The van der Waals surface area contributed by atoms with E-state index in [4.69, 9.17) is 4.98 Å². The molecule has 3 aromatic rings. The van der Waals surface area contributed by atoms with Crippen LogP contribution in [0.15, 0.2) is 54.6 Å². The van der Waals surface area contributed by atoms with Crippen molar-refractivity contribution in [1.29, 1.82) is 0 Å². The number of carboxylic acids is 1. The van der Waals surface area contributed by atoms with E-state index in [1.54, 1.807) is 0 Å². The number of nitrogens with zero attached hydrogens (tertiary/aromatic N) is 1. The van der Waals surface area contributed by atoms with Gasteiger partial charge in [-0.05, 0) is 18.1 Å². The molecule has 2 aromatic carbocycles. The van der Waals surface area contributed by atoms with E-state index in [2.05, 4.69) is 6.92 Å². The molecule has 3 rings (SSSR count). The van der Waals surface area contributed by atoms with E-state index in [9.17, 15) is 9.90 Å². The van der Waals surface area contributed by atoms with E-state index in [0.717, 1.165) is 28.8 Å². The summed E-state index contributed by atoms with van der Waals surface area (Å²) in [4.78, 5) is 16.6. The zero-order chi connectivity index (χ0) is 15.5. The lowest BCUT2D eigenvalue weighted by molar-refractivity contribution is 0.0698. The molecule has 0 aliphatic rings. The fraction of sp³-hybridized carbons (Fsp3) is 0.158. The van der Waals surface area contributed by atoms with Crippen molar-refractivity contribution in [3.63, 3.8) is 0 Å². The fourth-order valence-electron chi connectivity index (χ4n) is 2.82. The highest BCUT2D eigenvalue weighted by Crippen LogP contribution is 2.31. The zero-order valence-electron chi connectivity index (χ0n) is 12.4.